The SMILES string of the molecule is COc1cc(/C=N/NC(=O)C(=O)Nc2ccccc2C(=O)Nc2ccc(Cl)cc2)ccc1OC(=O)c1ccc(C)cc1. The number of halogens is 1. The zero-order valence-electron chi connectivity index (χ0n) is 22.5. The number of hydrogen-bond donors (Lipinski definition) is 3. The van der Waals surface area contributed by atoms with Crippen LogP contribution in [-0.2, 0) is 9.59 Å². The third-order valence-electron chi connectivity index (χ3n) is 5.79. The summed E-state index contributed by atoms with van der Waals surface area (Å²) in [4.78, 5) is 50.1. The number of esters is 1. The lowest BCUT2D eigenvalue weighted by Crippen LogP contribution is -2.33. The van der Waals surface area contributed by atoms with Crippen molar-refractivity contribution in [2.75, 3.05) is 17.7 Å². The highest BCUT2D eigenvalue weighted by molar-refractivity contribution is 6.40. The zero-order chi connectivity index (χ0) is 30.1. The highest BCUT2D eigenvalue weighted by atomic mass is 35.5. The number of benzene rings is 4. The van der Waals surface area contributed by atoms with E-state index in [0.29, 0.717) is 21.8 Å². The van der Waals surface area contributed by atoms with Crippen molar-refractivity contribution in [2.24, 2.45) is 5.10 Å². The van der Waals surface area contributed by atoms with Gasteiger partial charge < -0.3 is 20.1 Å². The molecule has 4 aromatic carbocycles. The molecular formula is C31H25ClN4O6. The van der Waals surface area contributed by atoms with Crippen LogP contribution in [0.4, 0.5) is 11.4 Å². The Labute approximate surface area is 246 Å². The van der Waals surface area contributed by atoms with E-state index in [0.717, 1.165) is 5.56 Å². The molecule has 0 atom stereocenters. The Morgan fingerprint density at radius 1 is 0.810 bits per heavy atom. The predicted molar refractivity (Wildman–Crippen MR) is 159 cm³/mol. The van der Waals surface area contributed by atoms with Gasteiger partial charge in [-0.05, 0) is 79.2 Å². The number of carbonyl (C=O) groups excluding carboxylic acids is 4. The Hall–Kier alpha value is -5.48. The topological polar surface area (TPSA) is 135 Å². The van der Waals surface area contributed by atoms with Crippen LogP contribution < -0.4 is 25.5 Å². The van der Waals surface area contributed by atoms with E-state index in [1.54, 1.807) is 72.8 Å². The first-order chi connectivity index (χ1) is 20.2. The molecule has 0 radical (unpaired) electrons. The Balaban J connectivity index is 1.35. The molecule has 0 fully saturated rings. The van der Waals surface area contributed by atoms with Crippen molar-refractivity contribution in [1.82, 2.24) is 5.43 Å². The van der Waals surface area contributed by atoms with Crippen LogP contribution >= 0.6 is 11.6 Å². The summed E-state index contributed by atoms with van der Waals surface area (Å²) < 4.78 is 10.8. The fourth-order valence-corrected chi connectivity index (χ4v) is 3.74. The maximum atomic E-state index is 12.8. The molecule has 0 aliphatic rings. The predicted octanol–water partition coefficient (Wildman–Crippen LogP) is 5.22. The molecule has 0 spiro atoms. The molecule has 42 heavy (non-hydrogen) atoms. The first-order valence-electron chi connectivity index (χ1n) is 12.5. The number of rotatable bonds is 8. The molecule has 10 nitrogen and oxygen atoms in total. The van der Waals surface area contributed by atoms with Gasteiger partial charge in [-0.15, -0.1) is 0 Å². The van der Waals surface area contributed by atoms with Gasteiger partial charge in [0.1, 0.15) is 0 Å². The summed E-state index contributed by atoms with van der Waals surface area (Å²) >= 11 is 5.88. The Morgan fingerprint density at radius 3 is 2.24 bits per heavy atom. The summed E-state index contributed by atoms with van der Waals surface area (Å²) in [6.07, 6.45) is 1.28. The van der Waals surface area contributed by atoms with Gasteiger partial charge in [-0.2, -0.15) is 5.10 Å². The number of nitrogens with one attached hydrogen (secondary N) is 3. The van der Waals surface area contributed by atoms with Crippen molar-refractivity contribution in [3.8, 4) is 11.5 Å². The number of nitrogens with zero attached hydrogens (tertiary/aromatic N) is 1. The molecule has 0 bridgehead atoms. The number of hydrogen-bond acceptors (Lipinski definition) is 7. The molecule has 4 aromatic rings. The molecule has 0 saturated heterocycles. The summed E-state index contributed by atoms with van der Waals surface area (Å²) in [5.41, 5.74) is 4.81. The van der Waals surface area contributed by atoms with Crippen LogP contribution in [0.3, 0.4) is 0 Å². The van der Waals surface area contributed by atoms with Crippen LogP contribution in [0.5, 0.6) is 11.5 Å². The van der Waals surface area contributed by atoms with Crippen LogP contribution in [0.2, 0.25) is 5.02 Å². The van der Waals surface area contributed by atoms with Crippen molar-refractivity contribution < 1.29 is 28.7 Å². The maximum Gasteiger partial charge on any atom is 0.343 e. The zero-order valence-corrected chi connectivity index (χ0v) is 23.3. The monoisotopic (exact) mass is 584 g/mol. The standard InChI is InChI=1S/C31H25ClN4O6/c1-19-7-10-21(11-8-19)31(40)42-26-16-9-20(17-27(26)41-2)18-33-36-30(39)29(38)35-25-6-4-3-5-24(25)28(37)34-23-14-12-22(32)13-15-23/h3-18H,1-2H3,(H,34,37)(H,35,38)(H,36,39)/b33-18+. The highest BCUT2D eigenvalue weighted by Crippen LogP contribution is 2.28. The Kier molecular flexibility index (Phi) is 9.65. The molecule has 0 heterocycles. The van der Waals surface area contributed by atoms with E-state index >= 15 is 0 Å². The average molecular weight is 585 g/mol. The fourth-order valence-electron chi connectivity index (χ4n) is 3.61. The number of hydrazone groups is 1. The lowest BCUT2D eigenvalue weighted by atomic mass is 10.1. The minimum Gasteiger partial charge on any atom is -0.493 e. The van der Waals surface area contributed by atoms with Gasteiger partial charge in [0, 0.05) is 10.7 Å². The Morgan fingerprint density at radius 2 is 1.52 bits per heavy atom. The van der Waals surface area contributed by atoms with Gasteiger partial charge in [-0.25, -0.2) is 10.2 Å². The molecule has 212 valence electrons. The van der Waals surface area contributed by atoms with E-state index in [-0.39, 0.29) is 22.7 Å². The van der Waals surface area contributed by atoms with Gasteiger partial charge in [0.2, 0.25) is 0 Å². The highest BCUT2D eigenvalue weighted by Gasteiger charge is 2.18. The minimum atomic E-state index is -1.06. The molecule has 0 aliphatic carbocycles. The molecule has 3 N–H and O–H groups in total. The first-order valence-corrected chi connectivity index (χ1v) is 12.9. The Bertz CT molecular complexity index is 1650. The lowest BCUT2D eigenvalue weighted by molar-refractivity contribution is -0.136. The number of carbonyl (C=O) groups is 4. The maximum absolute atomic E-state index is 12.8. The van der Waals surface area contributed by atoms with E-state index < -0.39 is 23.7 Å². The van der Waals surface area contributed by atoms with Gasteiger partial charge >= 0.3 is 17.8 Å². The number of anilines is 2. The molecule has 0 aliphatic heterocycles. The van der Waals surface area contributed by atoms with E-state index in [4.69, 9.17) is 21.1 Å². The molecule has 0 aromatic heterocycles. The largest absolute Gasteiger partial charge is 0.493 e. The van der Waals surface area contributed by atoms with Crippen LogP contribution in [-0.4, -0.2) is 37.0 Å². The first kappa shape index (κ1) is 29.5. The quantitative estimate of drug-likeness (QED) is 0.0854. The summed E-state index contributed by atoms with van der Waals surface area (Å²) in [5, 5.41) is 9.45. The van der Waals surface area contributed by atoms with Crippen LogP contribution in [0.15, 0.2) is 96.1 Å². The van der Waals surface area contributed by atoms with Crippen LogP contribution in [0, 0.1) is 6.92 Å². The minimum absolute atomic E-state index is 0.133. The second-order valence-corrected chi connectivity index (χ2v) is 9.26. The fraction of sp³-hybridized carbons (Fsp3) is 0.0645. The number of methoxy groups -OCH3 is 1. The number of ether oxygens (including phenoxy) is 2. The molecule has 0 unspecified atom stereocenters. The van der Waals surface area contributed by atoms with Gasteiger partial charge in [0.15, 0.2) is 11.5 Å². The van der Waals surface area contributed by atoms with Crippen molar-refractivity contribution >= 4 is 52.9 Å². The van der Waals surface area contributed by atoms with Crippen molar-refractivity contribution in [3.63, 3.8) is 0 Å². The summed E-state index contributed by atoms with van der Waals surface area (Å²) in [6.45, 7) is 1.91. The van der Waals surface area contributed by atoms with Gasteiger partial charge in [0.25, 0.3) is 5.91 Å². The van der Waals surface area contributed by atoms with E-state index in [1.807, 2.05) is 6.92 Å². The summed E-state index contributed by atoms with van der Waals surface area (Å²) in [5.74, 6) is -2.67. The smallest absolute Gasteiger partial charge is 0.343 e. The molecule has 11 heteroatoms. The second-order valence-electron chi connectivity index (χ2n) is 8.83. The second kappa shape index (κ2) is 13.7. The van der Waals surface area contributed by atoms with Crippen LogP contribution in [0.1, 0.15) is 31.8 Å². The van der Waals surface area contributed by atoms with Crippen LogP contribution in [0.25, 0.3) is 0 Å². The average Bonchev–Trinajstić information content (AvgIpc) is 2.99. The molecule has 0 saturated carbocycles. The number of aryl methyl sites for hydroxylation is 1. The lowest BCUT2D eigenvalue weighted by Gasteiger charge is -2.11. The molecular weight excluding hydrogens is 560 g/mol. The molecule has 4 rings (SSSR count). The van der Waals surface area contributed by atoms with Gasteiger partial charge in [-0.1, -0.05) is 41.4 Å². The van der Waals surface area contributed by atoms with E-state index in [1.165, 1.54) is 31.5 Å². The van der Waals surface area contributed by atoms with Crippen molar-refractivity contribution in [2.45, 2.75) is 6.92 Å². The normalized spacial score (nSPS) is 10.5. The van der Waals surface area contributed by atoms with E-state index in [2.05, 4.69) is 21.2 Å². The van der Waals surface area contributed by atoms with Crippen molar-refractivity contribution in [3.05, 3.63) is 118 Å². The van der Waals surface area contributed by atoms with E-state index in [9.17, 15) is 19.2 Å². The van der Waals surface area contributed by atoms with Gasteiger partial charge in [0.05, 0.1) is 30.1 Å². The summed E-state index contributed by atoms with van der Waals surface area (Å²) in [6, 6.07) is 24.3. The van der Waals surface area contributed by atoms with Gasteiger partial charge in [-0.3, -0.25) is 14.4 Å². The number of para-hydroxylation sites is 1. The number of amides is 3. The summed E-state index contributed by atoms with van der Waals surface area (Å²) in [7, 11) is 1.42. The van der Waals surface area contributed by atoms with Crippen molar-refractivity contribution in [1.29, 1.82) is 0 Å². The third kappa shape index (κ3) is 7.80. The third-order valence-corrected chi connectivity index (χ3v) is 6.04. The molecule has 3 amide bonds.